The van der Waals surface area contributed by atoms with Gasteiger partial charge in [0.25, 0.3) is 11.8 Å². The maximum atomic E-state index is 12.8. The van der Waals surface area contributed by atoms with Crippen molar-refractivity contribution in [3.05, 3.63) is 101 Å². The third-order valence-corrected chi connectivity index (χ3v) is 5.82. The summed E-state index contributed by atoms with van der Waals surface area (Å²) in [6.45, 7) is 1.97. The standard InChI is InChI=1S/C28H24N2O7/c1-18-4-7-20(8-5-18)35-16-24(31)19-6-10-25-23(13-19)30(27(32)17-36-25)15-22-9-11-26(37-22)28(33)29-14-21-3-2-12-34-21/h2-13H,14-17H2,1H3,(H,29,33). The molecule has 0 saturated heterocycles. The predicted molar refractivity (Wildman–Crippen MR) is 133 cm³/mol. The average Bonchev–Trinajstić information content (AvgIpc) is 3.61. The lowest BCUT2D eigenvalue weighted by molar-refractivity contribution is -0.121. The van der Waals surface area contributed by atoms with Crippen molar-refractivity contribution in [2.75, 3.05) is 18.1 Å². The quantitative estimate of drug-likeness (QED) is 0.341. The Morgan fingerprint density at radius 1 is 1.03 bits per heavy atom. The average molecular weight is 501 g/mol. The van der Waals surface area contributed by atoms with E-state index in [9.17, 15) is 14.4 Å². The Bertz CT molecular complexity index is 1420. The van der Waals surface area contributed by atoms with Gasteiger partial charge in [-0.05, 0) is 61.5 Å². The minimum absolute atomic E-state index is 0.0676. The van der Waals surface area contributed by atoms with Crippen LogP contribution in [0.15, 0.2) is 81.8 Å². The van der Waals surface area contributed by atoms with Crippen LogP contribution in [-0.2, 0) is 17.9 Å². The van der Waals surface area contributed by atoms with E-state index in [0.29, 0.717) is 34.3 Å². The van der Waals surface area contributed by atoms with Crippen molar-refractivity contribution in [3.8, 4) is 11.5 Å². The molecule has 9 nitrogen and oxygen atoms in total. The number of fused-ring (bicyclic) bond motifs is 1. The molecule has 0 radical (unpaired) electrons. The molecule has 37 heavy (non-hydrogen) atoms. The molecule has 0 spiro atoms. The fourth-order valence-electron chi connectivity index (χ4n) is 3.82. The number of hydrogen-bond acceptors (Lipinski definition) is 7. The van der Waals surface area contributed by atoms with Gasteiger partial charge in [0.15, 0.2) is 24.8 Å². The number of carbonyl (C=O) groups is 3. The molecule has 2 amide bonds. The molecular weight excluding hydrogens is 476 g/mol. The number of ether oxygens (including phenoxy) is 2. The Hall–Kier alpha value is -4.79. The summed E-state index contributed by atoms with van der Waals surface area (Å²) in [6.07, 6.45) is 1.53. The fraction of sp³-hybridized carbons (Fsp3) is 0.179. The minimum Gasteiger partial charge on any atom is -0.485 e. The Morgan fingerprint density at radius 2 is 1.86 bits per heavy atom. The number of furan rings is 2. The van der Waals surface area contributed by atoms with Crippen molar-refractivity contribution in [2.24, 2.45) is 0 Å². The highest BCUT2D eigenvalue weighted by Gasteiger charge is 2.28. The van der Waals surface area contributed by atoms with Gasteiger partial charge in [-0.1, -0.05) is 17.7 Å². The molecule has 0 unspecified atom stereocenters. The van der Waals surface area contributed by atoms with E-state index in [2.05, 4.69) is 5.32 Å². The number of hydrogen-bond donors (Lipinski definition) is 1. The van der Waals surface area contributed by atoms with Crippen LogP contribution in [0.3, 0.4) is 0 Å². The third-order valence-electron chi connectivity index (χ3n) is 5.82. The van der Waals surface area contributed by atoms with Crippen molar-refractivity contribution < 1.29 is 32.7 Å². The SMILES string of the molecule is Cc1ccc(OCC(=O)c2ccc3c(c2)N(Cc2ccc(C(=O)NCc4ccco4)o2)C(=O)CO3)cc1. The summed E-state index contributed by atoms with van der Waals surface area (Å²) in [5.74, 6) is 1.26. The van der Waals surface area contributed by atoms with Gasteiger partial charge in [0.1, 0.15) is 23.0 Å². The summed E-state index contributed by atoms with van der Waals surface area (Å²) in [5.41, 5.74) is 1.92. The van der Waals surface area contributed by atoms with Crippen LogP contribution in [0, 0.1) is 6.92 Å². The molecule has 3 heterocycles. The van der Waals surface area contributed by atoms with Crippen LogP contribution < -0.4 is 19.7 Å². The summed E-state index contributed by atoms with van der Waals surface area (Å²) in [5, 5.41) is 2.71. The number of nitrogens with zero attached hydrogens (tertiary/aromatic N) is 1. The summed E-state index contributed by atoms with van der Waals surface area (Å²) >= 11 is 0. The summed E-state index contributed by atoms with van der Waals surface area (Å²) in [7, 11) is 0. The van der Waals surface area contributed by atoms with Crippen molar-refractivity contribution in [1.82, 2.24) is 5.32 Å². The largest absolute Gasteiger partial charge is 0.485 e. The predicted octanol–water partition coefficient (Wildman–Crippen LogP) is 4.30. The molecule has 9 heteroatoms. The fourth-order valence-corrected chi connectivity index (χ4v) is 3.82. The second-order valence-corrected chi connectivity index (χ2v) is 8.50. The van der Waals surface area contributed by atoms with Gasteiger partial charge in [0, 0.05) is 5.56 Å². The zero-order valence-corrected chi connectivity index (χ0v) is 20.1. The van der Waals surface area contributed by atoms with Crippen molar-refractivity contribution in [3.63, 3.8) is 0 Å². The molecule has 1 N–H and O–H groups in total. The molecule has 2 aromatic heterocycles. The van der Waals surface area contributed by atoms with E-state index in [0.717, 1.165) is 5.56 Å². The second-order valence-electron chi connectivity index (χ2n) is 8.50. The lowest BCUT2D eigenvalue weighted by Crippen LogP contribution is -2.38. The molecule has 5 rings (SSSR count). The van der Waals surface area contributed by atoms with Gasteiger partial charge in [0.05, 0.1) is 25.0 Å². The Labute approximate surface area is 212 Å². The second kappa shape index (κ2) is 10.4. The van der Waals surface area contributed by atoms with Crippen LogP contribution in [0.4, 0.5) is 5.69 Å². The number of rotatable bonds is 9. The first kappa shape index (κ1) is 23.9. The molecular formula is C28H24N2O7. The van der Waals surface area contributed by atoms with E-state index in [1.807, 2.05) is 19.1 Å². The van der Waals surface area contributed by atoms with Crippen LogP contribution in [0.25, 0.3) is 0 Å². The topological polar surface area (TPSA) is 111 Å². The summed E-state index contributed by atoms with van der Waals surface area (Å²) < 4.78 is 22.1. The van der Waals surface area contributed by atoms with E-state index >= 15 is 0 Å². The normalized spacial score (nSPS) is 12.6. The van der Waals surface area contributed by atoms with Gasteiger partial charge < -0.3 is 23.6 Å². The van der Waals surface area contributed by atoms with E-state index < -0.39 is 5.91 Å². The van der Waals surface area contributed by atoms with Crippen molar-refractivity contribution in [2.45, 2.75) is 20.0 Å². The lowest BCUT2D eigenvalue weighted by Gasteiger charge is -2.29. The number of amides is 2. The zero-order valence-electron chi connectivity index (χ0n) is 20.1. The van der Waals surface area contributed by atoms with Gasteiger partial charge in [-0.3, -0.25) is 19.3 Å². The molecule has 0 saturated carbocycles. The smallest absolute Gasteiger partial charge is 0.287 e. The number of Topliss-reactive ketones (excluding diaryl/α,β-unsaturated/α-hetero) is 1. The zero-order chi connectivity index (χ0) is 25.8. The molecule has 1 aliphatic rings. The third kappa shape index (κ3) is 5.56. The van der Waals surface area contributed by atoms with Crippen LogP contribution in [0.1, 0.15) is 38.0 Å². The number of carbonyl (C=O) groups excluding carboxylic acids is 3. The number of aryl methyl sites for hydroxylation is 1. The highest BCUT2D eigenvalue weighted by atomic mass is 16.5. The molecule has 188 valence electrons. The first-order valence-electron chi connectivity index (χ1n) is 11.7. The maximum Gasteiger partial charge on any atom is 0.287 e. The molecule has 4 aromatic rings. The molecule has 0 aliphatic carbocycles. The maximum absolute atomic E-state index is 12.8. The van der Waals surface area contributed by atoms with Gasteiger partial charge >= 0.3 is 0 Å². The van der Waals surface area contributed by atoms with E-state index in [-0.39, 0.29) is 43.8 Å². The van der Waals surface area contributed by atoms with Gasteiger partial charge in [-0.15, -0.1) is 0 Å². The Kier molecular flexibility index (Phi) is 6.76. The van der Waals surface area contributed by atoms with Crippen molar-refractivity contribution >= 4 is 23.3 Å². The van der Waals surface area contributed by atoms with Crippen LogP contribution >= 0.6 is 0 Å². The molecule has 0 bridgehead atoms. The van der Waals surface area contributed by atoms with E-state index in [1.165, 1.54) is 11.2 Å². The summed E-state index contributed by atoms with van der Waals surface area (Å²) in [4.78, 5) is 39.4. The number of ketones is 1. The van der Waals surface area contributed by atoms with Gasteiger partial charge in [-0.2, -0.15) is 0 Å². The lowest BCUT2D eigenvalue weighted by atomic mass is 10.1. The van der Waals surface area contributed by atoms with Crippen molar-refractivity contribution in [1.29, 1.82) is 0 Å². The van der Waals surface area contributed by atoms with E-state index in [4.69, 9.17) is 18.3 Å². The monoisotopic (exact) mass is 500 g/mol. The van der Waals surface area contributed by atoms with Crippen LogP contribution in [-0.4, -0.2) is 30.8 Å². The minimum atomic E-state index is -0.405. The van der Waals surface area contributed by atoms with Gasteiger partial charge in [-0.25, -0.2) is 0 Å². The highest BCUT2D eigenvalue weighted by molar-refractivity contribution is 6.02. The molecule has 0 atom stereocenters. The van der Waals surface area contributed by atoms with Gasteiger partial charge in [0.2, 0.25) is 0 Å². The first-order valence-corrected chi connectivity index (χ1v) is 11.7. The molecule has 1 aliphatic heterocycles. The van der Waals surface area contributed by atoms with Crippen LogP contribution in [0.2, 0.25) is 0 Å². The van der Waals surface area contributed by atoms with E-state index in [1.54, 1.807) is 54.6 Å². The number of anilines is 1. The molecule has 2 aromatic carbocycles. The highest BCUT2D eigenvalue weighted by Crippen LogP contribution is 2.34. The van der Waals surface area contributed by atoms with Crippen LogP contribution in [0.5, 0.6) is 11.5 Å². The summed E-state index contributed by atoms with van der Waals surface area (Å²) in [6, 6.07) is 19.0. The number of nitrogens with one attached hydrogen (secondary N) is 1. The Morgan fingerprint density at radius 3 is 2.65 bits per heavy atom. The number of benzene rings is 2. The first-order chi connectivity index (χ1) is 18.0. The molecule has 0 fully saturated rings. The Balaban J connectivity index is 1.27.